The van der Waals surface area contributed by atoms with Crippen LogP contribution in [0, 0.1) is 0 Å². The van der Waals surface area contributed by atoms with Gasteiger partial charge in [-0.25, -0.2) is 9.78 Å². The molecule has 10 heteroatoms. The highest BCUT2D eigenvalue weighted by Crippen LogP contribution is 2.25. The molecule has 1 amide bonds. The lowest BCUT2D eigenvalue weighted by molar-refractivity contribution is -0.192. The maximum atomic E-state index is 12.7. The Labute approximate surface area is 188 Å². The number of nitrogens with zero attached hydrogens (tertiary/aromatic N) is 3. The maximum absolute atomic E-state index is 12.7. The molecule has 0 saturated carbocycles. The molecule has 32 heavy (non-hydrogen) atoms. The molecule has 0 unspecified atom stereocenters. The number of halogens is 3. The Balaban J connectivity index is 0.000000360. The van der Waals surface area contributed by atoms with Crippen LogP contribution in [0.2, 0.25) is 0 Å². The van der Waals surface area contributed by atoms with Crippen LogP contribution < -0.4 is 0 Å². The SMILES string of the molecule is O=C(O)C(F)(F)F.O=C(c1nc2c(s1)CCN(Cc1ccccc1)CC2)N1CCCCC1. The first-order valence-corrected chi connectivity index (χ1v) is 11.4. The molecule has 1 fully saturated rings. The molecule has 1 aromatic heterocycles. The van der Waals surface area contributed by atoms with Crippen LogP contribution in [0.25, 0.3) is 0 Å². The van der Waals surface area contributed by atoms with E-state index in [0.29, 0.717) is 5.01 Å². The van der Waals surface area contributed by atoms with Crippen molar-refractivity contribution in [2.45, 2.75) is 44.8 Å². The van der Waals surface area contributed by atoms with Crippen molar-refractivity contribution in [1.82, 2.24) is 14.8 Å². The number of fused-ring (bicyclic) bond motifs is 1. The van der Waals surface area contributed by atoms with Crippen molar-refractivity contribution < 1.29 is 27.9 Å². The molecule has 2 aliphatic rings. The van der Waals surface area contributed by atoms with Gasteiger partial charge in [-0.3, -0.25) is 9.69 Å². The van der Waals surface area contributed by atoms with Crippen LogP contribution in [0.4, 0.5) is 13.2 Å². The number of carbonyl (C=O) groups excluding carboxylic acids is 1. The van der Waals surface area contributed by atoms with Crippen molar-refractivity contribution >= 4 is 23.2 Å². The van der Waals surface area contributed by atoms with E-state index in [9.17, 15) is 18.0 Å². The van der Waals surface area contributed by atoms with E-state index in [1.54, 1.807) is 11.3 Å². The average molecular weight is 470 g/mol. The summed E-state index contributed by atoms with van der Waals surface area (Å²) in [6.07, 6.45) is 0.380. The number of aromatic nitrogens is 1. The minimum atomic E-state index is -5.08. The zero-order valence-corrected chi connectivity index (χ0v) is 18.4. The van der Waals surface area contributed by atoms with Gasteiger partial charge < -0.3 is 10.0 Å². The lowest BCUT2D eigenvalue weighted by Gasteiger charge is -2.25. The first kappa shape index (κ1) is 24.2. The molecule has 0 radical (unpaired) electrons. The van der Waals surface area contributed by atoms with E-state index < -0.39 is 12.1 Å². The summed E-state index contributed by atoms with van der Waals surface area (Å²) in [6.45, 7) is 4.85. The molecular formula is C22H26F3N3O3S. The third-order valence-electron chi connectivity index (χ3n) is 5.42. The number of benzene rings is 1. The number of hydrogen-bond acceptors (Lipinski definition) is 5. The van der Waals surface area contributed by atoms with Crippen molar-refractivity contribution in [2.75, 3.05) is 26.2 Å². The van der Waals surface area contributed by atoms with Gasteiger partial charge in [-0.1, -0.05) is 30.3 Å². The van der Waals surface area contributed by atoms with Crippen LogP contribution in [-0.4, -0.2) is 64.1 Å². The number of thiazole rings is 1. The summed E-state index contributed by atoms with van der Waals surface area (Å²) in [5.41, 5.74) is 2.52. The number of carboxylic acid groups (broad SMARTS) is 1. The third-order valence-corrected chi connectivity index (χ3v) is 6.56. The van der Waals surface area contributed by atoms with E-state index in [1.807, 2.05) is 4.90 Å². The molecule has 2 aliphatic heterocycles. The van der Waals surface area contributed by atoms with Crippen LogP contribution in [0.15, 0.2) is 30.3 Å². The number of rotatable bonds is 3. The molecule has 1 saturated heterocycles. The molecule has 6 nitrogen and oxygen atoms in total. The third kappa shape index (κ3) is 6.77. The van der Waals surface area contributed by atoms with Crippen LogP contribution >= 0.6 is 11.3 Å². The second-order valence-electron chi connectivity index (χ2n) is 7.81. The largest absolute Gasteiger partial charge is 0.490 e. The lowest BCUT2D eigenvalue weighted by atomic mass is 10.1. The van der Waals surface area contributed by atoms with Crippen molar-refractivity contribution in [3.8, 4) is 0 Å². The maximum Gasteiger partial charge on any atom is 0.490 e. The quantitative estimate of drug-likeness (QED) is 0.736. The number of piperidine rings is 1. The highest BCUT2D eigenvalue weighted by atomic mass is 32.1. The molecule has 4 rings (SSSR count). The Morgan fingerprint density at radius 2 is 1.62 bits per heavy atom. The molecule has 0 aliphatic carbocycles. The summed E-state index contributed by atoms with van der Waals surface area (Å²) < 4.78 is 31.7. The van der Waals surface area contributed by atoms with E-state index in [0.717, 1.165) is 64.1 Å². The summed E-state index contributed by atoms with van der Waals surface area (Å²) in [6, 6.07) is 10.6. The summed E-state index contributed by atoms with van der Waals surface area (Å²) in [5.74, 6) is -2.61. The fraction of sp³-hybridized carbons (Fsp3) is 0.500. The number of amides is 1. The normalized spacial score (nSPS) is 17.0. The van der Waals surface area contributed by atoms with E-state index >= 15 is 0 Å². The van der Waals surface area contributed by atoms with E-state index in [1.165, 1.54) is 16.9 Å². The predicted octanol–water partition coefficient (Wildman–Crippen LogP) is 4.00. The molecule has 3 heterocycles. The summed E-state index contributed by atoms with van der Waals surface area (Å²) in [4.78, 5) is 32.1. The van der Waals surface area contributed by atoms with Gasteiger partial charge in [0.05, 0.1) is 5.69 Å². The fourth-order valence-electron chi connectivity index (χ4n) is 3.73. The minimum absolute atomic E-state index is 0.152. The van der Waals surface area contributed by atoms with E-state index in [2.05, 4.69) is 35.2 Å². The first-order valence-electron chi connectivity index (χ1n) is 10.6. The molecule has 1 aromatic carbocycles. The number of alkyl halides is 3. The van der Waals surface area contributed by atoms with Gasteiger partial charge in [-0.05, 0) is 31.2 Å². The van der Waals surface area contributed by atoms with Crippen LogP contribution in [0.5, 0.6) is 0 Å². The lowest BCUT2D eigenvalue weighted by Crippen LogP contribution is -2.35. The van der Waals surface area contributed by atoms with Gasteiger partial charge in [-0.2, -0.15) is 13.2 Å². The number of carbonyl (C=O) groups is 2. The number of hydrogen-bond donors (Lipinski definition) is 1. The summed E-state index contributed by atoms with van der Waals surface area (Å²) in [7, 11) is 0. The van der Waals surface area contributed by atoms with Crippen molar-refractivity contribution in [2.24, 2.45) is 0 Å². The number of aliphatic carboxylic acids is 1. The fourth-order valence-corrected chi connectivity index (χ4v) is 4.80. The Kier molecular flexibility index (Phi) is 8.25. The van der Waals surface area contributed by atoms with Gasteiger partial charge >= 0.3 is 12.1 Å². The van der Waals surface area contributed by atoms with Crippen LogP contribution in [0.1, 0.15) is 45.2 Å². The average Bonchev–Trinajstić information content (AvgIpc) is 3.10. The molecule has 1 N–H and O–H groups in total. The molecular weight excluding hydrogens is 443 g/mol. The molecule has 0 atom stereocenters. The van der Waals surface area contributed by atoms with Gasteiger partial charge in [0.15, 0.2) is 5.01 Å². The van der Waals surface area contributed by atoms with Gasteiger partial charge in [0.1, 0.15) is 0 Å². The molecule has 0 spiro atoms. The van der Waals surface area contributed by atoms with Crippen molar-refractivity contribution in [3.63, 3.8) is 0 Å². The van der Waals surface area contributed by atoms with Crippen LogP contribution in [-0.2, 0) is 24.2 Å². The summed E-state index contributed by atoms with van der Waals surface area (Å²) in [5, 5.41) is 7.84. The second kappa shape index (κ2) is 10.9. The zero-order chi connectivity index (χ0) is 23.1. The van der Waals surface area contributed by atoms with Crippen molar-refractivity contribution in [3.05, 3.63) is 51.5 Å². The topological polar surface area (TPSA) is 73.7 Å². The smallest absolute Gasteiger partial charge is 0.475 e. The monoisotopic (exact) mass is 469 g/mol. The van der Waals surface area contributed by atoms with Crippen LogP contribution in [0.3, 0.4) is 0 Å². The Morgan fingerprint density at radius 3 is 2.25 bits per heavy atom. The standard InChI is InChI=1S/C20H25N3OS.C2HF3O2/c24-20(23-11-5-2-6-12-23)19-21-17-9-13-22(14-10-18(17)25-19)15-16-7-3-1-4-8-16;3-2(4,5)1(6)7/h1,3-4,7-8H,2,5-6,9-15H2;(H,6,7). The Morgan fingerprint density at radius 1 is 1.00 bits per heavy atom. The zero-order valence-electron chi connectivity index (χ0n) is 17.6. The van der Waals surface area contributed by atoms with E-state index in [-0.39, 0.29) is 5.91 Å². The van der Waals surface area contributed by atoms with Gasteiger partial charge in [0, 0.05) is 44.0 Å². The number of likely N-dealkylation sites (tertiary alicyclic amines) is 1. The van der Waals surface area contributed by atoms with E-state index in [4.69, 9.17) is 14.9 Å². The van der Waals surface area contributed by atoms with Gasteiger partial charge in [-0.15, -0.1) is 11.3 Å². The van der Waals surface area contributed by atoms with Gasteiger partial charge in [0.25, 0.3) is 5.91 Å². The number of carboxylic acids is 1. The Hall–Kier alpha value is -2.46. The summed E-state index contributed by atoms with van der Waals surface area (Å²) >= 11 is 1.63. The molecule has 2 aromatic rings. The predicted molar refractivity (Wildman–Crippen MR) is 115 cm³/mol. The Bertz CT molecular complexity index is 887. The molecule has 174 valence electrons. The van der Waals surface area contributed by atoms with Gasteiger partial charge in [0.2, 0.25) is 0 Å². The minimum Gasteiger partial charge on any atom is -0.475 e. The highest BCUT2D eigenvalue weighted by Gasteiger charge is 2.38. The second-order valence-corrected chi connectivity index (χ2v) is 8.89. The molecule has 0 bridgehead atoms. The first-order chi connectivity index (χ1) is 15.2. The highest BCUT2D eigenvalue weighted by molar-refractivity contribution is 7.13. The van der Waals surface area contributed by atoms with Crippen molar-refractivity contribution in [1.29, 1.82) is 0 Å².